The maximum atomic E-state index is 6.36. The summed E-state index contributed by atoms with van der Waals surface area (Å²) < 4.78 is 18.2. The van der Waals surface area contributed by atoms with Gasteiger partial charge in [-0.2, -0.15) is 0 Å². The zero-order valence-corrected chi connectivity index (χ0v) is 16.7. The van der Waals surface area contributed by atoms with Crippen molar-refractivity contribution in [2.75, 3.05) is 19.1 Å². The average Bonchev–Trinajstić information content (AvgIpc) is 2.05. The summed E-state index contributed by atoms with van der Waals surface area (Å²) in [4.78, 5) is 0. The molecule has 0 N–H and O–H groups in total. The van der Waals surface area contributed by atoms with E-state index in [-0.39, 0.29) is 0 Å². The lowest BCUT2D eigenvalue weighted by Gasteiger charge is -2.38. The van der Waals surface area contributed by atoms with E-state index in [0.717, 1.165) is 6.04 Å². The number of hydrogen-bond acceptors (Lipinski definition) is 3. The molecule has 18 heavy (non-hydrogen) atoms. The highest BCUT2D eigenvalue weighted by Crippen LogP contribution is 2.24. The smallest absolute Gasteiger partial charge is 0.316 e. The van der Waals surface area contributed by atoms with E-state index < -0.39 is 25.2 Å². The number of rotatable bonds is 9. The number of hydrogen-bond donors (Lipinski definition) is 0. The van der Waals surface area contributed by atoms with Crippen LogP contribution in [0.1, 0.15) is 0 Å². The molecule has 0 bridgehead atoms. The first-order valence-corrected chi connectivity index (χ1v) is 16.4. The first-order chi connectivity index (χ1) is 7.97. The molecule has 0 spiro atoms. The maximum Gasteiger partial charge on any atom is 0.316 e. The summed E-state index contributed by atoms with van der Waals surface area (Å²) in [7, 11) is -5.28. The molecule has 0 aromatic rings. The van der Waals surface area contributed by atoms with Crippen LogP contribution in [0.5, 0.6) is 0 Å². The van der Waals surface area contributed by atoms with Crippen LogP contribution in [0, 0.1) is 0 Å². The average molecular weight is 329 g/mol. The predicted molar refractivity (Wildman–Crippen MR) is 86.8 cm³/mol. The first kappa shape index (κ1) is 18.8. The van der Waals surface area contributed by atoms with Gasteiger partial charge in [0, 0.05) is 18.5 Å². The Labute approximate surface area is 121 Å². The van der Waals surface area contributed by atoms with E-state index >= 15 is 0 Å². The van der Waals surface area contributed by atoms with Gasteiger partial charge in [0.1, 0.15) is 0 Å². The Hall–Kier alpha value is 0.821. The summed E-state index contributed by atoms with van der Waals surface area (Å²) in [6.07, 6.45) is 0. The molecule has 7 heteroatoms. The Balaban J connectivity index is 4.50. The molecule has 0 aliphatic carbocycles. The Kier molecular flexibility index (Phi) is 7.91. The number of halogens is 1. The lowest BCUT2D eigenvalue weighted by Crippen LogP contribution is -2.53. The van der Waals surface area contributed by atoms with Crippen LogP contribution < -0.4 is 0 Å². The molecule has 0 radical (unpaired) electrons. The fourth-order valence-electron chi connectivity index (χ4n) is 1.83. The van der Waals surface area contributed by atoms with E-state index in [1.54, 1.807) is 0 Å². The van der Waals surface area contributed by atoms with Gasteiger partial charge in [0.2, 0.25) is 0 Å². The van der Waals surface area contributed by atoms with Gasteiger partial charge in [0.05, 0.1) is 6.61 Å². The molecular weight excluding hydrogens is 300 g/mol. The van der Waals surface area contributed by atoms with Gasteiger partial charge in [-0.1, -0.05) is 0 Å². The van der Waals surface area contributed by atoms with Crippen LogP contribution in [0.15, 0.2) is 0 Å². The van der Waals surface area contributed by atoms with Crippen molar-refractivity contribution >= 4 is 36.8 Å². The molecule has 0 aromatic heterocycles. The zero-order valence-electron chi connectivity index (χ0n) is 12.9. The molecule has 0 atom stereocenters. The Morgan fingerprint density at radius 2 is 1.22 bits per heavy atom. The van der Waals surface area contributed by atoms with Crippen molar-refractivity contribution in [1.82, 2.24) is 0 Å². The van der Waals surface area contributed by atoms with Crippen molar-refractivity contribution in [1.29, 1.82) is 0 Å². The minimum atomic E-state index is -2.11. The van der Waals surface area contributed by atoms with Crippen molar-refractivity contribution in [3.05, 3.63) is 0 Å². The van der Waals surface area contributed by atoms with E-state index in [9.17, 15) is 0 Å². The van der Waals surface area contributed by atoms with E-state index in [1.165, 1.54) is 0 Å². The van der Waals surface area contributed by atoms with E-state index in [2.05, 4.69) is 45.8 Å². The van der Waals surface area contributed by atoms with Gasteiger partial charge in [-0.15, -0.1) is 11.6 Å². The maximum absolute atomic E-state index is 6.36. The van der Waals surface area contributed by atoms with Crippen molar-refractivity contribution < 1.29 is 13.0 Å². The Morgan fingerprint density at radius 3 is 1.56 bits per heavy atom. The monoisotopic (exact) mass is 328 g/mol. The Morgan fingerprint density at radius 1 is 0.778 bits per heavy atom. The van der Waals surface area contributed by atoms with Crippen LogP contribution in [-0.2, 0) is 13.0 Å². The highest BCUT2D eigenvalue weighted by atomic mass is 35.5. The molecule has 3 nitrogen and oxygen atoms in total. The minimum Gasteiger partial charge on any atom is -0.437 e. The second-order valence-electron chi connectivity index (χ2n) is 6.61. The fraction of sp³-hybridized carbons (Fsp3) is 1.00. The zero-order chi connectivity index (χ0) is 14.4. The molecule has 0 saturated heterocycles. The molecule has 0 aromatic carbocycles. The quantitative estimate of drug-likeness (QED) is 0.363. The SMILES string of the molecule is C[Si](C)(C)O[Si](C)(CCOCCCl)O[Si](C)(C)C. The topological polar surface area (TPSA) is 27.7 Å². The number of alkyl halides is 1. The van der Waals surface area contributed by atoms with Crippen LogP contribution >= 0.6 is 11.6 Å². The summed E-state index contributed by atoms with van der Waals surface area (Å²) in [5, 5.41) is 0. The molecular formula is C11H29ClO3Si3. The van der Waals surface area contributed by atoms with E-state index in [4.69, 9.17) is 24.6 Å². The molecule has 0 unspecified atom stereocenters. The predicted octanol–water partition coefficient (Wildman–Crippen LogP) is 4.02. The minimum absolute atomic E-state index is 0.544. The highest BCUT2D eigenvalue weighted by molar-refractivity contribution is 6.87. The van der Waals surface area contributed by atoms with Gasteiger partial charge in [-0.25, -0.2) is 0 Å². The van der Waals surface area contributed by atoms with Gasteiger partial charge in [-0.05, 0) is 45.8 Å². The lowest BCUT2D eigenvalue weighted by atomic mass is 10.8. The van der Waals surface area contributed by atoms with Crippen LogP contribution in [0.4, 0.5) is 0 Å². The summed E-state index contributed by atoms with van der Waals surface area (Å²) in [5.41, 5.74) is 0. The molecule has 0 heterocycles. The third-order valence-electron chi connectivity index (χ3n) is 1.97. The molecule has 0 aliphatic rings. The van der Waals surface area contributed by atoms with Gasteiger partial charge >= 0.3 is 8.56 Å². The van der Waals surface area contributed by atoms with Gasteiger partial charge in [0.15, 0.2) is 16.6 Å². The Bertz CT molecular complexity index is 223. The molecule has 0 aliphatic heterocycles. The van der Waals surface area contributed by atoms with Crippen LogP contribution in [0.2, 0.25) is 51.9 Å². The summed E-state index contributed by atoms with van der Waals surface area (Å²) >= 11 is 5.60. The van der Waals surface area contributed by atoms with E-state index in [0.29, 0.717) is 19.1 Å². The second kappa shape index (κ2) is 7.56. The molecule has 0 amide bonds. The third-order valence-corrected chi connectivity index (χ3v) is 11.6. The first-order valence-electron chi connectivity index (χ1n) is 6.51. The highest BCUT2D eigenvalue weighted by Gasteiger charge is 2.39. The van der Waals surface area contributed by atoms with Gasteiger partial charge < -0.3 is 13.0 Å². The van der Waals surface area contributed by atoms with Gasteiger partial charge in [-0.3, -0.25) is 0 Å². The van der Waals surface area contributed by atoms with Gasteiger partial charge in [0.25, 0.3) is 0 Å². The summed E-state index contributed by atoms with van der Waals surface area (Å²) in [6, 6.07) is 0.887. The number of ether oxygens (including phenoxy) is 1. The largest absolute Gasteiger partial charge is 0.437 e. The lowest BCUT2D eigenvalue weighted by molar-refractivity contribution is 0.157. The fourth-order valence-corrected chi connectivity index (χ4v) is 14.2. The summed E-state index contributed by atoms with van der Waals surface area (Å²) in [5.74, 6) is 0.544. The normalized spacial score (nSPS) is 14.0. The van der Waals surface area contributed by atoms with Crippen molar-refractivity contribution in [3.8, 4) is 0 Å². The second-order valence-corrected chi connectivity index (χ2v) is 19.8. The molecule has 0 saturated carbocycles. The summed E-state index contributed by atoms with van der Waals surface area (Å²) in [6.45, 7) is 16.7. The van der Waals surface area contributed by atoms with Crippen LogP contribution in [-0.4, -0.2) is 44.3 Å². The van der Waals surface area contributed by atoms with Crippen molar-refractivity contribution in [3.63, 3.8) is 0 Å². The molecule has 0 fully saturated rings. The third kappa shape index (κ3) is 10.7. The van der Waals surface area contributed by atoms with Crippen LogP contribution in [0.3, 0.4) is 0 Å². The standard InChI is InChI=1S/C11H29ClO3Si3/c1-16(2,3)14-18(7,15-17(4,5)6)11-10-13-9-8-12/h8-11H2,1-7H3. The molecule has 0 rings (SSSR count). The van der Waals surface area contributed by atoms with E-state index in [1.807, 2.05) is 0 Å². The van der Waals surface area contributed by atoms with Crippen molar-refractivity contribution in [2.45, 2.75) is 51.9 Å². The molecule has 110 valence electrons. The van der Waals surface area contributed by atoms with Crippen molar-refractivity contribution in [2.24, 2.45) is 0 Å². The van der Waals surface area contributed by atoms with Crippen LogP contribution in [0.25, 0.3) is 0 Å².